The van der Waals surface area contributed by atoms with Crippen LogP contribution in [0.2, 0.25) is 0 Å². The number of nitrogens with one attached hydrogen (secondary N) is 1. The average Bonchev–Trinajstić information content (AvgIpc) is 2.57. The van der Waals surface area contributed by atoms with Crippen molar-refractivity contribution >= 4 is 32.7 Å². The van der Waals surface area contributed by atoms with Crippen LogP contribution in [0, 0.1) is 0 Å². The lowest BCUT2D eigenvalue weighted by atomic mass is 10.2. The maximum atomic E-state index is 12.3. The number of aromatic nitrogens is 2. The van der Waals surface area contributed by atoms with Crippen LogP contribution >= 0.6 is 15.9 Å². The van der Waals surface area contributed by atoms with Gasteiger partial charge in [0.15, 0.2) is 0 Å². The lowest BCUT2D eigenvalue weighted by molar-refractivity contribution is 0.0948. The molecule has 0 saturated heterocycles. The number of para-hydroxylation sites is 1. The Hall–Kier alpha value is -2.47. The topological polar surface area (TPSA) is 64.0 Å². The fourth-order valence-corrected chi connectivity index (χ4v) is 2.79. The van der Waals surface area contributed by atoms with Crippen molar-refractivity contribution in [2.24, 2.45) is 7.05 Å². The number of carbonyl (C=O) groups is 1. The van der Waals surface area contributed by atoms with Gasteiger partial charge in [-0.05, 0) is 40.2 Å². The molecule has 0 unspecified atom stereocenters. The first-order valence-corrected chi connectivity index (χ1v) is 7.84. The normalized spacial score (nSPS) is 10.7. The maximum Gasteiger partial charge on any atom is 0.261 e. The highest BCUT2D eigenvalue weighted by Crippen LogP contribution is 2.15. The number of hydrogen-bond donors (Lipinski definition) is 1. The standard InChI is InChI=1S/C17H14BrN3O2/c1-21-15(20-14-9-5-3-7-12(14)17(21)23)10-19-16(22)11-6-2-4-8-13(11)18/h2-9H,10H2,1H3,(H,19,22). The van der Waals surface area contributed by atoms with E-state index in [1.165, 1.54) is 4.57 Å². The van der Waals surface area contributed by atoms with Crippen LogP contribution in [0.3, 0.4) is 0 Å². The Balaban J connectivity index is 1.88. The van der Waals surface area contributed by atoms with Crippen molar-refractivity contribution < 1.29 is 4.79 Å². The number of carbonyl (C=O) groups excluding carboxylic acids is 1. The summed E-state index contributed by atoms with van der Waals surface area (Å²) in [6, 6.07) is 14.3. The summed E-state index contributed by atoms with van der Waals surface area (Å²) in [5, 5.41) is 3.36. The third kappa shape index (κ3) is 3.03. The molecular formula is C17H14BrN3O2. The smallest absolute Gasteiger partial charge is 0.261 e. The van der Waals surface area contributed by atoms with Gasteiger partial charge in [0, 0.05) is 11.5 Å². The van der Waals surface area contributed by atoms with Gasteiger partial charge in [0.05, 0.1) is 23.0 Å². The summed E-state index contributed by atoms with van der Waals surface area (Å²) in [6.45, 7) is 0.177. The molecule has 0 fully saturated rings. The highest BCUT2D eigenvalue weighted by molar-refractivity contribution is 9.10. The van der Waals surface area contributed by atoms with Crippen LogP contribution in [-0.2, 0) is 13.6 Å². The van der Waals surface area contributed by atoms with Gasteiger partial charge in [-0.2, -0.15) is 0 Å². The van der Waals surface area contributed by atoms with Gasteiger partial charge in [-0.25, -0.2) is 4.98 Å². The summed E-state index contributed by atoms with van der Waals surface area (Å²) >= 11 is 3.35. The molecule has 116 valence electrons. The molecule has 1 heterocycles. The van der Waals surface area contributed by atoms with E-state index < -0.39 is 0 Å². The Morgan fingerprint density at radius 1 is 1.17 bits per heavy atom. The summed E-state index contributed by atoms with van der Waals surface area (Å²) < 4.78 is 2.18. The van der Waals surface area contributed by atoms with Crippen LogP contribution in [0.4, 0.5) is 0 Å². The molecular weight excluding hydrogens is 358 g/mol. The molecule has 3 aromatic rings. The Bertz CT molecular complexity index is 950. The van der Waals surface area contributed by atoms with Crippen LogP contribution in [0.5, 0.6) is 0 Å². The number of amides is 1. The van der Waals surface area contributed by atoms with Crippen LogP contribution in [0.25, 0.3) is 10.9 Å². The molecule has 0 aliphatic carbocycles. The monoisotopic (exact) mass is 371 g/mol. The van der Waals surface area contributed by atoms with Crippen molar-refractivity contribution in [3.8, 4) is 0 Å². The molecule has 0 spiro atoms. The second-order valence-electron chi connectivity index (χ2n) is 5.07. The largest absolute Gasteiger partial charge is 0.345 e. The predicted octanol–water partition coefficient (Wildman–Crippen LogP) is 2.63. The highest BCUT2D eigenvalue weighted by Gasteiger charge is 2.12. The molecule has 0 aliphatic rings. The minimum atomic E-state index is -0.222. The Kier molecular flexibility index (Phi) is 4.25. The van der Waals surface area contributed by atoms with Crippen LogP contribution < -0.4 is 10.9 Å². The van der Waals surface area contributed by atoms with Crippen molar-refractivity contribution in [2.45, 2.75) is 6.54 Å². The van der Waals surface area contributed by atoms with E-state index in [0.717, 1.165) is 4.47 Å². The van der Waals surface area contributed by atoms with E-state index in [2.05, 4.69) is 26.2 Å². The Labute approximate surface area is 141 Å². The first-order chi connectivity index (χ1) is 11.1. The van der Waals surface area contributed by atoms with Crippen molar-refractivity contribution in [2.75, 3.05) is 0 Å². The molecule has 3 rings (SSSR count). The molecule has 0 atom stereocenters. The summed E-state index contributed by atoms with van der Waals surface area (Å²) in [6.07, 6.45) is 0. The number of hydrogen-bond acceptors (Lipinski definition) is 3. The predicted molar refractivity (Wildman–Crippen MR) is 92.3 cm³/mol. The molecule has 0 radical (unpaired) electrons. The van der Waals surface area contributed by atoms with Crippen molar-refractivity contribution in [1.82, 2.24) is 14.9 Å². The molecule has 2 aromatic carbocycles. The van der Waals surface area contributed by atoms with Gasteiger partial charge in [-0.1, -0.05) is 24.3 Å². The van der Waals surface area contributed by atoms with E-state index in [1.54, 1.807) is 43.4 Å². The van der Waals surface area contributed by atoms with Crippen LogP contribution in [0.1, 0.15) is 16.2 Å². The number of nitrogens with zero attached hydrogens (tertiary/aromatic N) is 2. The molecule has 1 amide bonds. The number of rotatable bonds is 3. The lowest BCUT2D eigenvalue weighted by Crippen LogP contribution is -2.29. The van der Waals surface area contributed by atoms with E-state index in [0.29, 0.717) is 22.3 Å². The van der Waals surface area contributed by atoms with E-state index in [9.17, 15) is 9.59 Å². The second kappa shape index (κ2) is 6.34. The molecule has 23 heavy (non-hydrogen) atoms. The van der Waals surface area contributed by atoms with Gasteiger partial charge in [0.25, 0.3) is 11.5 Å². The number of halogens is 1. The van der Waals surface area contributed by atoms with Gasteiger partial charge in [-0.15, -0.1) is 0 Å². The fourth-order valence-electron chi connectivity index (χ4n) is 2.32. The van der Waals surface area contributed by atoms with Gasteiger partial charge < -0.3 is 5.32 Å². The van der Waals surface area contributed by atoms with Crippen LogP contribution in [0.15, 0.2) is 57.8 Å². The van der Waals surface area contributed by atoms with Crippen molar-refractivity contribution in [3.05, 3.63) is 74.7 Å². The lowest BCUT2D eigenvalue weighted by Gasteiger charge is -2.11. The fraction of sp³-hybridized carbons (Fsp3) is 0.118. The van der Waals surface area contributed by atoms with E-state index in [1.807, 2.05) is 12.1 Å². The van der Waals surface area contributed by atoms with Crippen molar-refractivity contribution in [3.63, 3.8) is 0 Å². The molecule has 0 aliphatic heterocycles. The molecule has 1 N–H and O–H groups in total. The summed E-state index contributed by atoms with van der Waals surface area (Å²) in [5.74, 6) is 0.286. The second-order valence-corrected chi connectivity index (χ2v) is 5.93. The number of benzene rings is 2. The van der Waals surface area contributed by atoms with Gasteiger partial charge in [0.1, 0.15) is 5.82 Å². The quantitative estimate of drug-likeness (QED) is 0.769. The Morgan fingerprint density at radius 2 is 1.87 bits per heavy atom. The molecule has 6 heteroatoms. The molecule has 0 saturated carbocycles. The molecule has 0 bridgehead atoms. The van der Waals surface area contributed by atoms with E-state index in [4.69, 9.17) is 0 Å². The minimum Gasteiger partial charge on any atom is -0.345 e. The Morgan fingerprint density at radius 3 is 2.65 bits per heavy atom. The first kappa shape index (κ1) is 15.4. The summed E-state index contributed by atoms with van der Waals surface area (Å²) in [5.41, 5.74) is 1.04. The van der Waals surface area contributed by atoms with Gasteiger partial charge >= 0.3 is 0 Å². The third-order valence-corrected chi connectivity index (χ3v) is 4.29. The van der Waals surface area contributed by atoms with Crippen LogP contribution in [-0.4, -0.2) is 15.5 Å². The summed E-state index contributed by atoms with van der Waals surface area (Å²) in [4.78, 5) is 29.0. The minimum absolute atomic E-state index is 0.124. The zero-order chi connectivity index (χ0) is 16.4. The van der Waals surface area contributed by atoms with E-state index in [-0.39, 0.29) is 18.0 Å². The molecule has 1 aromatic heterocycles. The number of fused-ring (bicyclic) bond motifs is 1. The average molecular weight is 372 g/mol. The first-order valence-electron chi connectivity index (χ1n) is 7.05. The highest BCUT2D eigenvalue weighted by atomic mass is 79.9. The summed E-state index contributed by atoms with van der Waals surface area (Å²) in [7, 11) is 1.65. The SMILES string of the molecule is Cn1c(CNC(=O)c2ccccc2Br)nc2ccccc2c1=O. The zero-order valence-electron chi connectivity index (χ0n) is 12.4. The maximum absolute atomic E-state index is 12.3. The molecule has 5 nitrogen and oxygen atoms in total. The zero-order valence-corrected chi connectivity index (χ0v) is 14.0. The van der Waals surface area contributed by atoms with E-state index >= 15 is 0 Å². The van der Waals surface area contributed by atoms with Gasteiger partial charge in [-0.3, -0.25) is 14.2 Å². The van der Waals surface area contributed by atoms with Gasteiger partial charge in [0.2, 0.25) is 0 Å². The third-order valence-electron chi connectivity index (χ3n) is 3.60. The van der Waals surface area contributed by atoms with Crippen molar-refractivity contribution in [1.29, 1.82) is 0 Å².